The molecule has 4 aromatic rings. The molecule has 0 fully saturated rings. The van der Waals surface area contributed by atoms with Crippen molar-refractivity contribution < 1.29 is 0 Å². The number of hydrogen-bond acceptors (Lipinski definition) is 4. The Labute approximate surface area is 144 Å². The molecule has 0 radical (unpaired) electrons. The minimum absolute atomic E-state index is 0.736. The highest BCUT2D eigenvalue weighted by molar-refractivity contribution is 7.98. The highest BCUT2D eigenvalue weighted by atomic mass is 32.2. The molecule has 0 saturated carbocycles. The summed E-state index contributed by atoms with van der Waals surface area (Å²) in [5, 5.41) is 8.04. The number of pyridine rings is 1. The van der Waals surface area contributed by atoms with E-state index in [1.165, 1.54) is 11.1 Å². The summed E-state index contributed by atoms with van der Waals surface area (Å²) >= 11 is 1.58. The van der Waals surface area contributed by atoms with Gasteiger partial charge in [-0.05, 0) is 25.5 Å². The number of aromatic amines is 1. The number of thioether (sulfide) groups is 1. The molecule has 0 atom stereocenters. The summed E-state index contributed by atoms with van der Waals surface area (Å²) in [6.45, 7) is 4.14. The van der Waals surface area contributed by atoms with E-state index in [9.17, 15) is 0 Å². The number of nitrogens with one attached hydrogen (secondary N) is 1. The Morgan fingerprint density at radius 3 is 2.71 bits per heavy atom. The minimum Gasteiger partial charge on any atom is -0.307 e. The first-order valence-corrected chi connectivity index (χ1v) is 8.73. The van der Waals surface area contributed by atoms with Crippen LogP contribution in [0.4, 0.5) is 0 Å². The number of imidazole rings is 1. The van der Waals surface area contributed by atoms with Gasteiger partial charge in [-0.3, -0.25) is 5.10 Å². The van der Waals surface area contributed by atoms with Crippen LogP contribution in [0.1, 0.15) is 16.8 Å². The lowest BCUT2D eigenvalue weighted by atomic mass is 10.1. The van der Waals surface area contributed by atoms with Crippen LogP contribution in [0.25, 0.3) is 17.0 Å². The van der Waals surface area contributed by atoms with Gasteiger partial charge in [-0.25, -0.2) is 9.97 Å². The third-order valence-electron chi connectivity index (χ3n) is 3.87. The molecular formula is C18H17N5S. The summed E-state index contributed by atoms with van der Waals surface area (Å²) in [7, 11) is 0. The molecule has 0 bridgehead atoms. The largest absolute Gasteiger partial charge is 0.307 e. The molecule has 120 valence electrons. The molecule has 1 N–H and O–H groups in total. The maximum atomic E-state index is 4.68. The van der Waals surface area contributed by atoms with Crippen molar-refractivity contribution in [1.82, 2.24) is 24.6 Å². The van der Waals surface area contributed by atoms with Gasteiger partial charge >= 0.3 is 0 Å². The SMILES string of the molecule is Cc1ccc(-c2nc(SCc3cn4cccc(C)c4n3)n[nH]2)cc1. The van der Waals surface area contributed by atoms with E-state index in [1.807, 2.05) is 12.3 Å². The zero-order valence-corrected chi connectivity index (χ0v) is 14.3. The zero-order chi connectivity index (χ0) is 16.5. The van der Waals surface area contributed by atoms with E-state index < -0.39 is 0 Å². The molecule has 6 heteroatoms. The Hall–Kier alpha value is -2.60. The number of H-pyrrole nitrogens is 1. The van der Waals surface area contributed by atoms with Gasteiger partial charge in [0.1, 0.15) is 5.65 Å². The second-order valence-electron chi connectivity index (χ2n) is 5.78. The zero-order valence-electron chi connectivity index (χ0n) is 13.5. The van der Waals surface area contributed by atoms with E-state index in [-0.39, 0.29) is 0 Å². The third kappa shape index (κ3) is 2.92. The molecule has 4 rings (SSSR count). The number of aryl methyl sites for hydroxylation is 2. The number of nitrogens with zero attached hydrogens (tertiary/aromatic N) is 4. The Balaban J connectivity index is 1.49. The average Bonchev–Trinajstić information content (AvgIpc) is 3.21. The van der Waals surface area contributed by atoms with Crippen molar-refractivity contribution in [2.75, 3.05) is 0 Å². The van der Waals surface area contributed by atoms with E-state index >= 15 is 0 Å². The summed E-state index contributed by atoms with van der Waals surface area (Å²) < 4.78 is 2.06. The molecule has 24 heavy (non-hydrogen) atoms. The predicted molar refractivity (Wildman–Crippen MR) is 96.0 cm³/mol. The van der Waals surface area contributed by atoms with Crippen LogP contribution < -0.4 is 0 Å². The molecule has 3 aromatic heterocycles. The topological polar surface area (TPSA) is 58.9 Å². The lowest BCUT2D eigenvalue weighted by molar-refractivity contribution is 0.972. The summed E-state index contributed by atoms with van der Waals surface area (Å²) in [4.78, 5) is 9.24. The first kappa shape index (κ1) is 15.0. The molecule has 0 aliphatic rings. The maximum absolute atomic E-state index is 4.68. The van der Waals surface area contributed by atoms with E-state index in [1.54, 1.807) is 11.8 Å². The van der Waals surface area contributed by atoms with Crippen molar-refractivity contribution in [3.05, 3.63) is 65.6 Å². The van der Waals surface area contributed by atoms with Crippen LogP contribution in [0, 0.1) is 13.8 Å². The maximum Gasteiger partial charge on any atom is 0.209 e. The highest BCUT2D eigenvalue weighted by Gasteiger charge is 2.09. The van der Waals surface area contributed by atoms with Crippen LogP contribution in [0.3, 0.4) is 0 Å². The Kier molecular flexibility index (Phi) is 3.82. The van der Waals surface area contributed by atoms with Crippen molar-refractivity contribution in [2.24, 2.45) is 0 Å². The fourth-order valence-electron chi connectivity index (χ4n) is 2.56. The molecule has 0 aliphatic heterocycles. The smallest absolute Gasteiger partial charge is 0.209 e. The minimum atomic E-state index is 0.736. The van der Waals surface area contributed by atoms with Crippen LogP contribution >= 0.6 is 11.8 Å². The van der Waals surface area contributed by atoms with Crippen LogP contribution in [0.2, 0.25) is 0 Å². The quantitative estimate of drug-likeness (QED) is 0.572. The van der Waals surface area contributed by atoms with Gasteiger partial charge in [-0.15, -0.1) is 5.10 Å². The van der Waals surface area contributed by atoms with Crippen molar-refractivity contribution >= 4 is 17.4 Å². The second kappa shape index (κ2) is 6.13. The summed E-state index contributed by atoms with van der Waals surface area (Å²) in [5.74, 6) is 1.54. The number of rotatable bonds is 4. The van der Waals surface area contributed by atoms with Gasteiger partial charge in [0.2, 0.25) is 5.16 Å². The van der Waals surface area contributed by atoms with Crippen molar-refractivity contribution in [3.63, 3.8) is 0 Å². The standard InChI is InChI=1S/C18H17N5S/c1-12-5-7-14(8-6-12)16-20-18(22-21-16)24-11-15-10-23-9-3-4-13(2)17(23)19-15/h3-10H,11H2,1-2H3,(H,20,21,22). The van der Waals surface area contributed by atoms with Gasteiger partial charge in [0.05, 0.1) is 5.69 Å². The van der Waals surface area contributed by atoms with Gasteiger partial charge in [0.15, 0.2) is 5.82 Å². The average molecular weight is 335 g/mol. The van der Waals surface area contributed by atoms with Crippen LogP contribution in [0.15, 0.2) is 53.9 Å². The molecule has 3 heterocycles. The Morgan fingerprint density at radius 1 is 1.08 bits per heavy atom. The lowest BCUT2D eigenvalue weighted by Gasteiger charge is -1.96. The van der Waals surface area contributed by atoms with Crippen molar-refractivity contribution in [2.45, 2.75) is 24.8 Å². The summed E-state index contributed by atoms with van der Waals surface area (Å²) in [6, 6.07) is 12.4. The second-order valence-corrected chi connectivity index (χ2v) is 6.72. The molecule has 1 aromatic carbocycles. The molecule has 0 unspecified atom stereocenters. The van der Waals surface area contributed by atoms with Crippen LogP contribution in [-0.2, 0) is 5.75 Å². The van der Waals surface area contributed by atoms with E-state index in [2.05, 4.69) is 74.9 Å². The van der Waals surface area contributed by atoms with E-state index in [0.717, 1.165) is 33.6 Å². The normalized spacial score (nSPS) is 11.2. The predicted octanol–water partition coefficient (Wildman–Crippen LogP) is 4.03. The van der Waals surface area contributed by atoms with Crippen molar-refractivity contribution in [3.8, 4) is 11.4 Å². The number of hydrogen-bond donors (Lipinski definition) is 1. The Bertz CT molecular complexity index is 984. The molecule has 0 amide bonds. The first-order chi connectivity index (χ1) is 11.7. The van der Waals surface area contributed by atoms with Gasteiger partial charge in [-0.1, -0.05) is 47.7 Å². The van der Waals surface area contributed by atoms with Gasteiger partial charge in [0.25, 0.3) is 0 Å². The highest BCUT2D eigenvalue weighted by Crippen LogP contribution is 2.23. The van der Waals surface area contributed by atoms with Gasteiger partial charge < -0.3 is 4.40 Å². The molecule has 0 aliphatic carbocycles. The summed E-state index contributed by atoms with van der Waals surface area (Å²) in [6.07, 6.45) is 4.08. The van der Waals surface area contributed by atoms with Crippen LogP contribution in [0.5, 0.6) is 0 Å². The van der Waals surface area contributed by atoms with Gasteiger partial charge in [0, 0.05) is 23.7 Å². The monoisotopic (exact) mass is 335 g/mol. The number of aromatic nitrogens is 5. The Morgan fingerprint density at radius 2 is 1.92 bits per heavy atom. The molecule has 0 spiro atoms. The number of fused-ring (bicyclic) bond motifs is 1. The third-order valence-corrected chi connectivity index (χ3v) is 4.75. The molecular weight excluding hydrogens is 318 g/mol. The van der Waals surface area contributed by atoms with E-state index in [0.29, 0.717) is 0 Å². The number of benzene rings is 1. The van der Waals surface area contributed by atoms with Gasteiger partial charge in [-0.2, -0.15) is 0 Å². The van der Waals surface area contributed by atoms with Crippen molar-refractivity contribution in [1.29, 1.82) is 0 Å². The van der Waals surface area contributed by atoms with Crippen LogP contribution in [-0.4, -0.2) is 24.6 Å². The fourth-order valence-corrected chi connectivity index (χ4v) is 3.25. The molecule has 0 saturated heterocycles. The van der Waals surface area contributed by atoms with E-state index in [4.69, 9.17) is 0 Å². The fraction of sp³-hybridized carbons (Fsp3) is 0.167. The lowest BCUT2D eigenvalue weighted by Crippen LogP contribution is -1.84. The molecule has 5 nitrogen and oxygen atoms in total. The summed E-state index contributed by atoms with van der Waals surface area (Å²) in [5.41, 5.74) is 5.48. The first-order valence-electron chi connectivity index (χ1n) is 7.74.